The van der Waals surface area contributed by atoms with Gasteiger partial charge in [0, 0.05) is 0 Å². The summed E-state index contributed by atoms with van der Waals surface area (Å²) in [5, 5.41) is 2.75. The van der Waals surface area contributed by atoms with Gasteiger partial charge in [0.05, 0.1) is 0 Å². The van der Waals surface area contributed by atoms with Gasteiger partial charge in [-0.05, 0) is 35.7 Å². The fourth-order valence-electron chi connectivity index (χ4n) is 1.75. The number of rotatable bonds is 0. The predicted molar refractivity (Wildman–Crippen MR) is 64.7 cm³/mol. The first-order chi connectivity index (χ1) is 6.79. The lowest BCUT2D eigenvalue weighted by Gasteiger charge is -2.04. The molecule has 0 bridgehead atoms. The van der Waals surface area contributed by atoms with Crippen molar-refractivity contribution in [3.05, 3.63) is 60.7 Å². The summed E-state index contributed by atoms with van der Waals surface area (Å²) in [6.07, 6.45) is 0. The van der Waals surface area contributed by atoms with Gasteiger partial charge in [-0.15, -0.1) is 13.2 Å². The lowest BCUT2D eigenvalue weighted by Crippen LogP contribution is -1.81. The molecule has 14 heavy (non-hydrogen) atoms. The fourth-order valence-corrected chi connectivity index (χ4v) is 1.75. The van der Waals surface area contributed by atoms with E-state index >= 15 is 0 Å². The van der Waals surface area contributed by atoms with Crippen LogP contribution in [0.5, 0.6) is 0 Å². The van der Waals surface area contributed by atoms with Crippen molar-refractivity contribution in [2.24, 2.45) is 0 Å². The molecule has 0 heterocycles. The predicted octanol–water partition coefficient (Wildman–Crippen LogP) is 4.26. The Morgan fingerprint density at radius 1 is 0.786 bits per heavy atom. The summed E-state index contributed by atoms with van der Waals surface area (Å²) in [7, 11) is 0. The lowest BCUT2D eigenvalue weighted by molar-refractivity contribution is 1.46. The molecule has 0 fully saturated rings. The van der Waals surface area contributed by atoms with E-state index in [1.54, 1.807) is 0 Å². The van der Waals surface area contributed by atoms with Gasteiger partial charge in [-0.3, -0.25) is 0 Å². The van der Waals surface area contributed by atoms with Crippen molar-refractivity contribution in [1.29, 1.82) is 0 Å². The standard InChI is InChI=1S/C12H12.C2H4/c1-9-5-3-7-11-8-4-6-10(2)12(9)11;1-2/h3-8H,1-2H3;1-2H2. The van der Waals surface area contributed by atoms with E-state index in [0.717, 1.165) is 0 Å². The third kappa shape index (κ3) is 1.85. The third-order valence-corrected chi connectivity index (χ3v) is 2.32. The lowest BCUT2D eigenvalue weighted by atomic mass is 10.0. The highest BCUT2D eigenvalue weighted by Gasteiger charge is 1.97. The second kappa shape index (κ2) is 4.61. The maximum atomic E-state index is 3.00. The molecule has 0 aliphatic rings. The number of aryl methyl sites for hydroxylation is 2. The maximum Gasteiger partial charge on any atom is -0.0125 e. The van der Waals surface area contributed by atoms with E-state index in [0.29, 0.717) is 0 Å². The molecule has 0 aliphatic carbocycles. The summed E-state index contributed by atoms with van der Waals surface area (Å²) in [5.74, 6) is 0. The van der Waals surface area contributed by atoms with Gasteiger partial charge in [-0.2, -0.15) is 0 Å². The first-order valence-electron chi connectivity index (χ1n) is 4.74. The molecule has 0 nitrogen and oxygen atoms in total. The molecule has 0 aliphatic heterocycles. The Hall–Kier alpha value is -1.56. The average Bonchev–Trinajstić information content (AvgIpc) is 2.21. The number of hydrogen-bond acceptors (Lipinski definition) is 0. The zero-order chi connectivity index (χ0) is 10.6. The van der Waals surface area contributed by atoms with Crippen LogP contribution in [0.25, 0.3) is 10.8 Å². The second-order valence-corrected chi connectivity index (χ2v) is 3.25. The molecule has 0 aromatic heterocycles. The van der Waals surface area contributed by atoms with E-state index in [1.165, 1.54) is 21.9 Å². The van der Waals surface area contributed by atoms with E-state index in [1.807, 2.05) is 0 Å². The summed E-state index contributed by atoms with van der Waals surface area (Å²) >= 11 is 0. The number of benzene rings is 2. The van der Waals surface area contributed by atoms with Crippen LogP contribution in [-0.4, -0.2) is 0 Å². The molecule has 72 valence electrons. The quantitative estimate of drug-likeness (QED) is 0.537. The van der Waals surface area contributed by atoms with Crippen molar-refractivity contribution >= 4 is 10.8 Å². The molecule has 0 radical (unpaired) electrons. The molecule has 0 unspecified atom stereocenters. The van der Waals surface area contributed by atoms with Crippen molar-refractivity contribution in [1.82, 2.24) is 0 Å². The minimum absolute atomic E-state index is 1.34. The number of hydrogen-bond donors (Lipinski definition) is 0. The van der Waals surface area contributed by atoms with Crippen molar-refractivity contribution in [3.8, 4) is 0 Å². The van der Waals surface area contributed by atoms with Crippen LogP contribution >= 0.6 is 0 Å². The highest BCUT2D eigenvalue weighted by molar-refractivity contribution is 5.88. The molecule has 0 N–H and O–H groups in total. The fraction of sp³-hybridized carbons (Fsp3) is 0.143. The maximum absolute atomic E-state index is 3.00. The first kappa shape index (κ1) is 10.5. The summed E-state index contributed by atoms with van der Waals surface area (Å²) < 4.78 is 0. The van der Waals surface area contributed by atoms with Gasteiger partial charge in [0.1, 0.15) is 0 Å². The highest BCUT2D eigenvalue weighted by atomic mass is 14.0. The van der Waals surface area contributed by atoms with Crippen LogP contribution in [-0.2, 0) is 0 Å². The van der Waals surface area contributed by atoms with E-state index in [-0.39, 0.29) is 0 Å². The van der Waals surface area contributed by atoms with Crippen molar-refractivity contribution in [2.75, 3.05) is 0 Å². The molecular formula is C14H16. The Labute approximate surface area is 85.9 Å². The summed E-state index contributed by atoms with van der Waals surface area (Å²) in [6, 6.07) is 12.9. The summed E-state index contributed by atoms with van der Waals surface area (Å²) in [4.78, 5) is 0. The highest BCUT2D eigenvalue weighted by Crippen LogP contribution is 2.21. The molecule has 2 aromatic rings. The first-order valence-corrected chi connectivity index (χ1v) is 4.74. The molecule has 2 aromatic carbocycles. The van der Waals surface area contributed by atoms with Crippen LogP contribution in [0.2, 0.25) is 0 Å². The molecule has 0 amide bonds. The Balaban J connectivity index is 0.000000461. The topological polar surface area (TPSA) is 0 Å². The van der Waals surface area contributed by atoms with E-state index < -0.39 is 0 Å². The van der Waals surface area contributed by atoms with Crippen LogP contribution in [0.3, 0.4) is 0 Å². The van der Waals surface area contributed by atoms with Crippen LogP contribution < -0.4 is 0 Å². The zero-order valence-electron chi connectivity index (χ0n) is 8.88. The van der Waals surface area contributed by atoms with E-state index in [4.69, 9.17) is 0 Å². The molecular weight excluding hydrogens is 168 g/mol. The Morgan fingerprint density at radius 3 is 1.57 bits per heavy atom. The van der Waals surface area contributed by atoms with Gasteiger partial charge in [0.15, 0.2) is 0 Å². The van der Waals surface area contributed by atoms with Crippen LogP contribution in [0.4, 0.5) is 0 Å². The molecule has 0 saturated heterocycles. The molecule has 2 rings (SSSR count). The summed E-state index contributed by atoms with van der Waals surface area (Å²) in [5.41, 5.74) is 2.73. The van der Waals surface area contributed by atoms with E-state index in [9.17, 15) is 0 Å². The Kier molecular flexibility index (Phi) is 3.47. The molecule has 0 atom stereocenters. The van der Waals surface area contributed by atoms with Crippen LogP contribution in [0.1, 0.15) is 11.1 Å². The second-order valence-electron chi connectivity index (χ2n) is 3.25. The minimum atomic E-state index is 1.34. The van der Waals surface area contributed by atoms with Crippen molar-refractivity contribution in [2.45, 2.75) is 13.8 Å². The molecule has 0 saturated carbocycles. The van der Waals surface area contributed by atoms with Gasteiger partial charge in [0.25, 0.3) is 0 Å². The number of fused-ring (bicyclic) bond motifs is 1. The largest absolute Gasteiger partial charge is 0.106 e. The normalized spacial score (nSPS) is 9.29. The summed E-state index contributed by atoms with van der Waals surface area (Å²) in [6.45, 7) is 10.3. The Morgan fingerprint density at radius 2 is 1.21 bits per heavy atom. The zero-order valence-corrected chi connectivity index (χ0v) is 8.88. The van der Waals surface area contributed by atoms with Gasteiger partial charge >= 0.3 is 0 Å². The van der Waals surface area contributed by atoms with Gasteiger partial charge in [-0.25, -0.2) is 0 Å². The molecule has 0 spiro atoms. The van der Waals surface area contributed by atoms with Gasteiger partial charge in [0.2, 0.25) is 0 Å². The van der Waals surface area contributed by atoms with Crippen LogP contribution in [0, 0.1) is 13.8 Å². The van der Waals surface area contributed by atoms with Gasteiger partial charge < -0.3 is 0 Å². The monoisotopic (exact) mass is 184 g/mol. The SMILES string of the molecule is C=C.Cc1cccc2cccc(C)c12. The van der Waals surface area contributed by atoms with Crippen molar-refractivity contribution in [3.63, 3.8) is 0 Å². The van der Waals surface area contributed by atoms with Crippen LogP contribution in [0.15, 0.2) is 49.6 Å². The van der Waals surface area contributed by atoms with Gasteiger partial charge in [-0.1, -0.05) is 36.4 Å². The smallest absolute Gasteiger partial charge is 0.0125 e. The van der Waals surface area contributed by atoms with Crippen molar-refractivity contribution < 1.29 is 0 Å². The molecule has 0 heteroatoms. The third-order valence-electron chi connectivity index (χ3n) is 2.32. The average molecular weight is 184 g/mol. The van der Waals surface area contributed by atoms with E-state index in [2.05, 4.69) is 63.4 Å². The Bertz CT molecular complexity index is 390. The minimum Gasteiger partial charge on any atom is -0.106 e.